The lowest BCUT2D eigenvalue weighted by molar-refractivity contribution is 0.0797. The molecule has 0 spiro atoms. The zero-order valence-corrected chi connectivity index (χ0v) is 24.4. The van der Waals surface area contributed by atoms with Gasteiger partial charge in [0.1, 0.15) is 18.6 Å². The molecule has 0 bridgehead atoms. The van der Waals surface area contributed by atoms with Crippen LogP contribution < -0.4 is 5.32 Å². The zero-order chi connectivity index (χ0) is 27.7. The maximum absolute atomic E-state index is 13.5. The quantitative estimate of drug-likeness (QED) is 0.301. The molecule has 12 heteroatoms. The molecule has 2 amide bonds. The normalized spacial score (nSPS) is 18.7. The number of carbonyl (C=O) groups excluding carboxylic acids is 1. The molecule has 3 aromatic rings. The first kappa shape index (κ1) is 28.0. The molecule has 1 saturated carbocycles. The van der Waals surface area contributed by atoms with Crippen LogP contribution in [-0.4, -0.2) is 79.0 Å². The molecule has 1 aliphatic carbocycles. The minimum absolute atomic E-state index is 0.0335. The van der Waals surface area contributed by atoms with Crippen molar-refractivity contribution in [1.82, 2.24) is 34.4 Å². The summed E-state index contributed by atoms with van der Waals surface area (Å²) >= 11 is 0. The minimum Gasteiger partial charge on any atom is -0.465 e. The van der Waals surface area contributed by atoms with Gasteiger partial charge in [-0.3, -0.25) is 9.20 Å². The number of fused-ring (bicyclic) bond motifs is 3. The first-order chi connectivity index (χ1) is 17.8. The fraction of sp³-hybridized carbons (Fsp3) is 0.654. The van der Waals surface area contributed by atoms with E-state index in [9.17, 15) is 14.7 Å². The van der Waals surface area contributed by atoms with Crippen LogP contribution in [0.5, 0.6) is 0 Å². The average molecular weight is 544 g/mol. The molecule has 0 unspecified atom stereocenters. The predicted molar refractivity (Wildman–Crippen MR) is 148 cm³/mol. The maximum atomic E-state index is 13.5. The number of hydrogen-bond acceptors (Lipinski definition) is 6. The topological polar surface area (TPSA) is 127 Å². The number of rotatable bonds is 9. The predicted octanol–water partition coefficient (Wildman–Crippen LogP) is 4.46. The van der Waals surface area contributed by atoms with Gasteiger partial charge in [0.25, 0.3) is 5.91 Å². The molecule has 2 N–H and O–H groups in total. The highest BCUT2D eigenvalue weighted by Crippen LogP contribution is 2.28. The lowest BCUT2D eigenvalue weighted by Gasteiger charge is -2.38. The van der Waals surface area contributed by atoms with E-state index in [1.165, 1.54) is 4.90 Å². The van der Waals surface area contributed by atoms with Gasteiger partial charge in [0.05, 0.1) is 11.8 Å². The maximum Gasteiger partial charge on any atom is 0.407 e. The van der Waals surface area contributed by atoms with Crippen LogP contribution in [-0.2, 0) is 11.5 Å². The van der Waals surface area contributed by atoms with Crippen LogP contribution in [0, 0.1) is 5.92 Å². The molecule has 0 saturated heterocycles. The highest BCUT2D eigenvalue weighted by Gasteiger charge is 2.31. The van der Waals surface area contributed by atoms with Gasteiger partial charge >= 0.3 is 6.09 Å². The van der Waals surface area contributed by atoms with E-state index >= 15 is 0 Å². The first-order valence-electron chi connectivity index (χ1n) is 13.4. The second-order valence-corrected chi connectivity index (χ2v) is 18.2. The van der Waals surface area contributed by atoms with Crippen molar-refractivity contribution in [3.8, 4) is 0 Å². The molecule has 208 valence electrons. The average Bonchev–Trinajstić information content (AvgIpc) is 3.44. The summed E-state index contributed by atoms with van der Waals surface area (Å²) < 4.78 is 9.63. The SMILES string of the molecule is CC(C)(C)N(CC1CCC(NC(=O)c2cn(COCC[Si](C)(C)C)c3ncc4nncn4c23)CC1)C(=O)O. The van der Waals surface area contributed by atoms with Crippen molar-refractivity contribution in [2.75, 3.05) is 13.2 Å². The van der Waals surface area contributed by atoms with Crippen LogP contribution >= 0.6 is 0 Å². The Morgan fingerprint density at radius 3 is 2.55 bits per heavy atom. The Kier molecular flexibility index (Phi) is 8.12. The summed E-state index contributed by atoms with van der Waals surface area (Å²) in [7, 11) is -1.21. The fourth-order valence-corrected chi connectivity index (χ4v) is 5.74. The lowest BCUT2D eigenvalue weighted by atomic mass is 9.85. The molecular weight excluding hydrogens is 502 g/mol. The summed E-state index contributed by atoms with van der Waals surface area (Å²) in [6.07, 6.45) is 7.53. The van der Waals surface area contributed by atoms with Gasteiger partial charge in [-0.1, -0.05) is 19.6 Å². The third-order valence-electron chi connectivity index (χ3n) is 7.28. The van der Waals surface area contributed by atoms with Gasteiger partial charge in [0, 0.05) is 39.0 Å². The summed E-state index contributed by atoms with van der Waals surface area (Å²) in [5, 5.41) is 20.9. The van der Waals surface area contributed by atoms with Crippen molar-refractivity contribution in [1.29, 1.82) is 0 Å². The van der Waals surface area contributed by atoms with Gasteiger partial charge in [0.15, 0.2) is 11.3 Å². The van der Waals surface area contributed by atoms with Crippen molar-refractivity contribution in [2.45, 2.75) is 90.5 Å². The van der Waals surface area contributed by atoms with E-state index in [4.69, 9.17) is 4.74 Å². The third-order valence-corrected chi connectivity index (χ3v) is 8.98. The molecule has 1 fully saturated rings. The Morgan fingerprint density at radius 1 is 1.21 bits per heavy atom. The molecule has 0 aromatic carbocycles. The summed E-state index contributed by atoms with van der Waals surface area (Å²) in [4.78, 5) is 31.3. The molecule has 0 radical (unpaired) electrons. The molecule has 38 heavy (non-hydrogen) atoms. The van der Waals surface area contributed by atoms with Crippen LogP contribution in [0.2, 0.25) is 25.7 Å². The highest BCUT2D eigenvalue weighted by molar-refractivity contribution is 6.76. The van der Waals surface area contributed by atoms with Crippen molar-refractivity contribution in [3.63, 3.8) is 0 Å². The van der Waals surface area contributed by atoms with Crippen molar-refractivity contribution >= 4 is 36.9 Å². The summed E-state index contributed by atoms with van der Waals surface area (Å²) in [5.74, 6) is 0.124. The van der Waals surface area contributed by atoms with Crippen LogP contribution in [0.15, 0.2) is 18.7 Å². The molecule has 1 aliphatic rings. The van der Waals surface area contributed by atoms with E-state index in [-0.39, 0.29) is 17.9 Å². The molecule has 11 nitrogen and oxygen atoms in total. The van der Waals surface area contributed by atoms with Crippen LogP contribution in [0.3, 0.4) is 0 Å². The van der Waals surface area contributed by atoms with Gasteiger partial charge in [-0.2, -0.15) is 0 Å². The van der Waals surface area contributed by atoms with E-state index < -0.39 is 19.7 Å². The van der Waals surface area contributed by atoms with E-state index in [1.807, 2.05) is 25.3 Å². The van der Waals surface area contributed by atoms with Crippen LogP contribution in [0.25, 0.3) is 16.8 Å². The number of nitrogens with zero attached hydrogens (tertiary/aromatic N) is 6. The Labute approximate surface area is 224 Å². The van der Waals surface area contributed by atoms with E-state index in [0.717, 1.165) is 31.7 Å². The second kappa shape index (κ2) is 11.0. The highest BCUT2D eigenvalue weighted by atomic mass is 28.3. The summed E-state index contributed by atoms with van der Waals surface area (Å²) in [6, 6.07) is 1.09. The van der Waals surface area contributed by atoms with Gasteiger partial charge in [-0.15, -0.1) is 10.2 Å². The molecule has 3 heterocycles. The number of amides is 2. The zero-order valence-electron chi connectivity index (χ0n) is 23.4. The fourth-order valence-electron chi connectivity index (χ4n) is 4.99. The lowest BCUT2D eigenvalue weighted by Crippen LogP contribution is -2.48. The summed E-state index contributed by atoms with van der Waals surface area (Å²) in [5.41, 5.74) is 1.96. The van der Waals surface area contributed by atoms with Gasteiger partial charge in [-0.05, 0) is 58.4 Å². The number of carbonyl (C=O) groups is 2. The molecule has 3 aromatic heterocycles. The molecule has 0 aliphatic heterocycles. The largest absolute Gasteiger partial charge is 0.465 e. The van der Waals surface area contributed by atoms with Crippen LogP contribution in [0.1, 0.15) is 56.8 Å². The Balaban J connectivity index is 1.45. The standard InChI is InChI=1S/C26H41N7O4Si/c1-26(2,3)33(25(35)36)14-18-7-9-19(10-8-18)29-24(34)20-15-31(17-37-11-12-38(4,5)6)23-22(20)32-16-28-30-21(32)13-27-23/h13,15-16,18-19H,7-12,14,17H2,1-6H3,(H,29,34)(H,35,36). The molecule has 0 atom stereocenters. The second-order valence-electron chi connectivity index (χ2n) is 12.6. The smallest absolute Gasteiger partial charge is 0.407 e. The monoisotopic (exact) mass is 543 g/mol. The van der Waals surface area contributed by atoms with E-state index in [2.05, 4.69) is 40.1 Å². The molecular formula is C26H41N7O4Si. The van der Waals surface area contributed by atoms with Gasteiger partial charge in [-0.25, -0.2) is 9.78 Å². The number of hydrogen-bond donors (Lipinski definition) is 2. The number of carboxylic acid groups (broad SMARTS) is 1. The van der Waals surface area contributed by atoms with Crippen molar-refractivity contribution < 1.29 is 19.4 Å². The van der Waals surface area contributed by atoms with Crippen molar-refractivity contribution in [3.05, 3.63) is 24.3 Å². The Morgan fingerprint density at radius 2 is 1.92 bits per heavy atom. The Hall–Kier alpha value is -2.99. The molecule has 4 rings (SSSR count). The van der Waals surface area contributed by atoms with Gasteiger partial charge in [0.2, 0.25) is 0 Å². The number of aromatic nitrogens is 5. The number of ether oxygens (including phenoxy) is 1. The van der Waals surface area contributed by atoms with Gasteiger partial charge < -0.3 is 24.6 Å². The Bertz CT molecular complexity index is 1280. The first-order valence-corrected chi connectivity index (χ1v) is 17.1. The minimum atomic E-state index is -1.21. The summed E-state index contributed by atoms with van der Waals surface area (Å²) in [6.45, 7) is 14.2. The van der Waals surface area contributed by atoms with E-state index in [0.29, 0.717) is 42.3 Å². The van der Waals surface area contributed by atoms with E-state index in [1.54, 1.807) is 23.1 Å². The third kappa shape index (κ3) is 6.52. The number of nitrogens with one attached hydrogen (secondary N) is 1. The van der Waals surface area contributed by atoms with Crippen molar-refractivity contribution in [2.24, 2.45) is 5.92 Å². The van der Waals surface area contributed by atoms with Crippen LogP contribution in [0.4, 0.5) is 4.79 Å².